The summed E-state index contributed by atoms with van der Waals surface area (Å²) in [7, 11) is 0. The first-order valence-corrected chi connectivity index (χ1v) is 8.50. The zero-order valence-corrected chi connectivity index (χ0v) is 14.5. The summed E-state index contributed by atoms with van der Waals surface area (Å²) in [5, 5.41) is 8.35. The average molecular weight is 321 g/mol. The minimum absolute atomic E-state index is 0.334. The van der Waals surface area contributed by atoms with Crippen LogP contribution in [0.4, 0.5) is 5.82 Å². The molecule has 0 spiro atoms. The lowest BCUT2D eigenvalue weighted by Gasteiger charge is -2.35. The van der Waals surface area contributed by atoms with E-state index < -0.39 is 0 Å². The van der Waals surface area contributed by atoms with Crippen molar-refractivity contribution in [3.05, 3.63) is 58.9 Å². The van der Waals surface area contributed by atoms with Crippen LogP contribution in [-0.2, 0) is 0 Å². The second-order valence-corrected chi connectivity index (χ2v) is 6.56. The molecule has 1 N–H and O–H groups in total. The van der Waals surface area contributed by atoms with Gasteiger partial charge in [-0.2, -0.15) is 9.61 Å². The number of benzene rings is 1. The summed E-state index contributed by atoms with van der Waals surface area (Å²) in [6, 6.07) is 13.1. The first-order chi connectivity index (χ1) is 11.6. The van der Waals surface area contributed by atoms with Crippen molar-refractivity contribution in [2.75, 3.05) is 24.5 Å². The number of fused-ring (bicyclic) bond motifs is 1. The Hall–Kier alpha value is -2.40. The molecule has 3 heterocycles. The fraction of sp³-hybridized carbons (Fsp3) is 0.368. The van der Waals surface area contributed by atoms with Crippen LogP contribution in [0, 0.1) is 20.8 Å². The molecule has 0 bridgehead atoms. The van der Waals surface area contributed by atoms with Gasteiger partial charge in [0, 0.05) is 43.0 Å². The summed E-state index contributed by atoms with van der Waals surface area (Å²) >= 11 is 0. The van der Waals surface area contributed by atoms with Crippen molar-refractivity contribution in [3.8, 4) is 0 Å². The van der Waals surface area contributed by atoms with Crippen LogP contribution in [0.5, 0.6) is 0 Å². The molecule has 1 saturated heterocycles. The van der Waals surface area contributed by atoms with Crippen molar-refractivity contribution in [2.45, 2.75) is 26.8 Å². The van der Waals surface area contributed by atoms with Crippen molar-refractivity contribution < 1.29 is 0 Å². The summed E-state index contributed by atoms with van der Waals surface area (Å²) in [6.07, 6.45) is 0. The average Bonchev–Trinajstić information content (AvgIpc) is 2.90. The Balaban J connectivity index is 1.73. The number of aryl methyl sites for hydroxylation is 3. The van der Waals surface area contributed by atoms with E-state index in [0.717, 1.165) is 48.1 Å². The SMILES string of the molecule is Cc1cc(N2CCN[C@@H](c3ccccc3)C2)n2nc(C)c(C)c2n1. The largest absolute Gasteiger partial charge is 0.353 e. The Morgan fingerprint density at radius 3 is 2.71 bits per heavy atom. The van der Waals surface area contributed by atoms with Gasteiger partial charge in [0.05, 0.1) is 5.69 Å². The first-order valence-electron chi connectivity index (χ1n) is 8.50. The van der Waals surface area contributed by atoms with Crippen LogP contribution < -0.4 is 10.2 Å². The van der Waals surface area contributed by atoms with Crippen molar-refractivity contribution in [1.29, 1.82) is 0 Å². The second-order valence-electron chi connectivity index (χ2n) is 6.56. The van der Waals surface area contributed by atoms with Crippen LogP contribution in [0.3, 0.4) is 0 Å². The van der Waals surface area contributed by atoms with E-state index >= 15 is 0 Å². The summed E-state index contributed by atoms with van der Waals surface area (Å²) in [6.45, 7) is 9.07. The zero-order chi connectivity index (χ0) is 16.7. The Morgan fingerprint density at radius 2 is 1.92 bits per heavy atom. The van der Waals surface area contributed by atoms with Crippen LogP contribution in [0.25, 0.3) is 5.65 Å². The minimum atomic E-state index is 0.334. The zero-order valence-electron chi connectivity index (χ0n) is 14.5. The third-order valence-electron chi connectivity index (χ3n) is 4.87. The van der Waals surface area contributed by atoms with Crippen LogP contribution in [0.1, 0.15) is 28.6 Å². The number of aromatic nitrogens is 3. The van der Waals surface area contributed by atoms with Crippen LogP contribution >= 0.6 is 0 Å². The van der Waals surface area contributed by atoms with Crippen molar-refractivity contribution in [3.63, 3.8) is 0 Å². The summed E-state index contributed by atoms with van der Waals surface area (Å²) in [4.78, 5) is 7.11. The normalized spacial score (nSPS) is 18.3. The maximum absolute atomic E-state index is 4.72. The fourth-order valence-electron chi connectivity index (χ4n) is 3.42. The lowest BCUT2D eigenvalue weighted by molar-refractivity contribution is 0.467. The van der Waals surface area contributed by atoms with Gasteiger partial charge in [0.15, 0.2) is 5.65 Å². The molecule has 0 saturated carbocycles. The summed E-state index contributed by atoms with van der Waals surface area (Å²) in [5.41, 5.74) is 5.54. The van der Waals surface area contributed by atoms with E-state index in [2.05, 4.69) is 65.4 Å². The number of hydrogen-bond donors (Lipinski definition) is 1. The monoisotopic (exact) mass is 321 g/mol. The maximum atomic E-state index is 4.72. The highest BCUT2D eigenvalue weighted by molar-refractivity contribution is 5.57. The fourth-order valence-corrected chi connectivity index (χ4v) is 3.42. The van der Waals surface area contributed by atoms with E-state index in [1.165, 1.54) is 5.56 Å². The number of piperazine rings is 1. The van der Waals surface area contributed by atoms with Crippen LogP contribution in [0.15, 0.2) is 36.4 Å². The van der Waals surface area contributed by atoms with Crippen LogP contribution in [0.2, 0.25) is 0 Å². The number of nitrogens with zero attached hydrogens (tertiary/aromatic N) is 4. The van der Waals surface area contributed by atoms with E-state index in [0.29, 0.717) is 6.04 Å². The molecule has 1 fully saturated rings. The molecule has 3 aromatic rings. The molecule has 0 amide bonds. The van der Waals surface area contributed by atoms with Crippen LogP contribution in [-0.4, -0.2) is 34.2 Å². The molecule has 124 valence electrons. The summed E-state index contributed by atoms with van der Waals surface area (Å²) in [5.74, 6) is 1.14. The van der Waals surface area contributed by atoms with Gasteiger partial charge < -0.3 is 10.2 Å². The molecule has 1 aliphatic heterocycles. The third kappa shape index (κ3) is 2.55. The molecule has 2 aromatic heterocycles. The first kappa shape index (κ1) is 15.1. The molecule has 1 aromatic carbocycles. The lowest BCUT2D eigenvalue weighted by Crippen LogP contribution is -2.46. The topological polar surface area (TPSA) is 45.5 Å². The van der Waals surface area contributed by atoms with Gasteiger partial charge in [-0.3, -0.25) is 0 Å². The van der Waals surface area contributed by atoms with Crippen molar-refractivity contribution >= 4 is 11.5 Å². The number of anilines is 1. The van der Waals surface area contributed by atoms with Gasteiger partial charge in [-0.25, -0.2) is 4.98 Å². The molecule has 0 radical (unpaired) electrons. The highest BCUT2D eigenvalue weighted by atomic mass is 15.4. The smallest absolute Gasteiger partial charge is 0.160 e. The molecular formula is C19H23N5. The highest BCUT2D eigenvalue weighted by Crippen LogP contribution is 2.25. The van der Waals surface area contributed by atoms with Gasteiger partial charge in [-0.1, -0.05) is 30.3 Å². The van der Waals surface area contributed by atoms with Gasteiger partial charge in [-0.15, -0.1) is 0 Å². The predicted octanol–water partition coefficient (Wildman–Crippen LogP) is 2.81. The van der Waals surface area contributed by atoms with Crippen molar-refractivity contribution in [1.82, 2.24) is 19.9 Å². The Kier molecular flexibility index (Phi) is 3.73. The number of nitrogens with one attached hydrogen (secondary N) is 1. The Bertz CT molecular complexity index is 868. The Labute approximate surface area is 142 Å². The molecule has 5 heteroatoms. The van der Waals surface area contributed by atoms with Gasteiger partial charge >= 0.3 is 0 Å². The van der Waals surface area contributed by atoms with E-state index in [-0.39, 0.29) is 0 Å². The van der Waals surface area contributed by atoms with E-state index in [9.17, 15) is 0 Å². The second kappa shape index (κ2) is 5.91. The number of hydrogen-bond acceptors (Lipinski definition) is 4. The molecule has 1 aliphatic rings. The maximum Gasteiger partial charge on any atom is 0.160 e. The standard InChI is InChI=1S/C19H23N5/c1-13-11-18(24-19(21-13)14(2)15(3)22-24)23-10-9-20-17(12-23)16-7-5-4-6-8-16/h4-8,11,17,20H,9-10,12H2,1-3H3/t17-/m1/s1. The predicted molar refractivity (Wildman–Crippen MR) is 96.6 cm³/mol. The van der Waals surface area contributed by atoms with E-state index in [1.807, 2.05) is 11.4 Å². The van der Waals surface area contributed by atoms with Gasteiger partial charge in [0.25, 0.3) is 0 Å². The van der Waals surface area contributed by atoms with Gasteiger partial charge in [-0.05, 0) is 26.3 Å². The Morgan fingerprint density at radius 1 is 1.12 bits per heavy atom. The molecule has 0 unspecified atom stereocenters. The highest BCUT2D eigenvalue weighted by Gasteiger charge is 2.23. The lowest BCUT2D eigenvalue weighted by atomic mass is 10.0. The molecule has 5 nitrogen and oxygen atoms in total. The summed E-state index contributed by atoms with van der Waals surface area (Å²) < 4.78 is 2.00. The quantitative estimate of drug-likeness (QED) is 0.788. The minimum Gasteiger partial charge on any atom is -0.353 e. The molecule has 1 atom stereocenters. The van der Waals surface area contributed by atoms with E-state index in [1.54, 1.807) is 0 Å². The molecule has 0 aliphatic carbocycles. The third-order valence-corrected chi connectivity index (χ3v) is 4.87. The molecule has 24 heavy (non-hydrogen) atoms. The van der Waals surface area contributed by atoms with E-state index in [4.69, 9.17) is 5.10 Å². The van der Waals surface area contributed by atoms with Gasteiger partial charge in [0.2, 0.25) is 0 Å². The van der Waals surface area contributed by atoms with Gasteiger partial charge in [0.1, 0.15) is 5.82 Å². The molecular weight excluding hydrogens is 298 g/mol. The number of rotatable bonds is 2. The van der Waals surface area contributed by atoms with Crippen molar-refractivity contribution in [2.24, 2.45) is 0 Å². The molecule has 4 rings (SSSR count).